The molecule has 2 rings (SSSR count). The molecule has 0 bridgehead atoms. The van der Waals surface area contributed by atoms with E-state index in [4.69, 9.17) is 9.47 Å². The number of anilines is 1. The summed E-state index contributed by atoms with van der Waals surface area (Å²) in [6.07, 6.45) is 2.26. The lowest BCUT2D eigenvalue weighted by Crippen LogP contribution is -2.43. The van der Waals surface area contributed by atoms with Crippen LogP contribution in [0.5, 0.6) is 0 Å². The van der Waals surface area contributed by atoms with E-state index in [0.717, 1.165) is 11.6 Å². The van der Waals surface area contributed by atoms with Gasteiger partial charge in [-0.2, -0.15) is 0 Å². The van der Waals surface area contributed by atoms with Gasteiger partial charge in [0.1, 0.15) is 17.0 Å². The number of aliphatic hydroxyl groups is 1. The first-order valence-electron chi connectivity index (χ1n) is 9.20. The van der Waals surface area contributed by atoms with Crippen LogP contribution in [-0.4, -0.2) is 28.4 Å². The minimum absolute atomic E-state index is 0.0665. The van der Waals surface area contributed by atoms with Gasteiger partial charge in [0.2, 0.25) is 0 Å². The maximum absolute atomic E-state index is 11.8. The summed E-state index contributed by atoms with van der Waals surface area (Å²) in [6.45, 7) is 9.40. The molecule has 1 aromatic carbocycles. The monoisotopic (exact) mass is 375 g/mol. The second-order valence-corrected chi connectivity index (χ2v) is 8.28. The molecule has 1 aliphatic heterocycles. The van der Waals surface area contributed by atoms with Gasteiger partial charge >= 0.3 is 12.1 Å². The van der Waals surface area contributed by atoms with Gasteiger partial charge in [0, 0.05) is 12.1 Å². The molecule has 2 N–H and O–H groups in total. The Morgan fingerprint density at radius 2 is 1.93 bits per heavy atom. The molecule has 0 fully saturated rings. The van der Waals surface area contributed by atoms with Crippen molar-refractivity contribution in [1.82, 2.24) is 0 Å². The molecule has 1 heterocycles. The number of rotatable bonds is 5. The fourth-order valence-corrected chi connectivity index (χ4v) is 3.04. The van der Waals surface area contributed by atoms with Gasteiger partial charge in [-0.05, 0) is 57.2 Å². The first-order valence-corrected chi connectivity index (χ1v) is 9.20. The van der Waals surface area contributed by atoms with Crippen LogP contribution >= 0.6 is 0 Å². The largest absolute Gasteiger partial charge is 0.512 e. The highest BCUT2D eigenvalue weighted by molar-refractivity contribution is 5.85. The third-order valence-electron chi connectivity index (χ3n) is 4.56. The molecule has 148 valence electrons. The van der Waals surface area contributed by atoms with Crippen LogP contribution in [0.15, 0.2) is 36.1 Å². The van der Waals surface area contributed by atoms with E-state index >= 15 is 0 Å². The zero-order valence-electron chi connectivity index (χ0n) is 16.7. The van der Waals surface area contributed by atoms with E-state index in [9.17, 15) is 14.7 Å². The topological polar surface area (TPSA) is 84.9 Å². The Balaban J connectivity index is 1.99. The summed E-state index contributed by atoms with van der Waals surface area (Å²) in [4.78, 5) is 23.6. The molecular formula is C21H29NO5. The minimum Gasteiger partial charge on any atom is -0.512 e. The molecule has 0 saturated heterocycles. The van der Waals surface area contributed by atoms with Crippen molar-refractivity contribution in [2.24, 2.45) is 5.92 Å². The SMILES string of the molecule is CC(C)C1(CCc2ccc(NC(=O)OC(C)(C)C)cc2)CC(O)=CC(=O)O1. The number of aryl methyl sites for hydroxylation is 1. The van der Waals surface area contributed by atoms with E-state index in [-0.39, 0.29) is 11.7 Å². The fourth-order valence-electron chi connectivity index (χ4n) is 3.04. The van der Waals surface area contributed by atoms with Crippen molar-refractivity contribution in [2.75, 3.05) is 5.32 Å². The lowest BCUT2D eigenvalue weighted by atomic mass is 9.80. The Morgan fingerprint density at radius 1 is 1.30 bits per heavy atom. The van der Waals surface area contributed by atoms with Gasteiger partial charge in [-0.1, -0.05) is 26.0 Å². The maximum atomic E-state index is 11.8. The number of hydrogen-bond donors (Lipinski definition) is 2. The van der Waals surface area contributed by atoms with Gasteiger partial charge in [0.15, 0.2) is 0 Å². The van der Waals surface area contributed by atoms with E-state index in [0.29, 0.717) is 24.9 Å². The third-order valence-corrected chi connectivity index (χ3v) is 4.56. The number of esters is 1. The maximum Gasteiger partial charge on any atom is 0.412 e. The zero-order chi connectivity index (χ0) is 20.2. The Kier molecular flexibility index (Phi) is 6.19. The number of ether oxygens (including phenoxy) is 2. The van der Waals surface area contributed by atoms with E-state index in [1.54, 1.807) is 0 Å². The number of benzene rings is 1. The second-order valence-electron chi connectivity index (χ2n) is 8.28. The van der Waals surface area contributed by atoms with Crippen LogP contribution in [-0.2, 0) is 20.7 Å². The molecule has 0 aliphatic carbocycles. The highest BCUT2D eigenvalue weighted by Crippen LogP contribution is 2.36. The van der Waals surface area contributed by atoms with Gasteiger partial charge in [-0.15, -0.1) is 0 Å². The Morgan fingerprint density at radius 3 is 2.44 bits per heavy atom. The van der Waals surface area contributed by atoms with Crippen molar-refractivity contribution >= 4 is 17.7 Å². The van der Waals surface area contributed by atoms with Gasteiger partial charge < -0.3 is 14.6 Å². The van der Waals surface area contributed by atoms with Crippen LogP contribution in [0.4, 0.5) is 10.5 Å². The summed E-state index contributed by atoms with van der Waals surface area (Å²) in [6, 6.07) is 7.46. The van der Waals surface area contributed by atoms with Gasteiger partial charge in [0.05, 0.1) is 6.08 Å². The number of carbonyl (C=O) groups excluding carboxylic acids is 2. The number of carbonyl (C=O) groups is 2. The molecule has 6 heteroatoms. The summed E-state index contributed by atoms with van der Waals surface area (Å²) >= 11 is 0. The Bertz CT molecular complexity index is 715. The molecule has 1 aromatic rings. The van der Waals surface area contributed by atoms with Crippen LogP contribution in [0.1, 0.15) is 53.0 Å². The predicted molar refractivity (Wildman–Crippen MR) is 104 cm³/mol. The molecule has 1 atom stereocenters. The van der Waals surface area contributed by atoms with Crippen LogP contribution in [0.2, 0.25) is 0 Å². The summed E-state index contributed by atoms with van der Waals surface area (Å²) in [5.41, 5.74) is 0.446. The lowest BCUT2D eigenvalue weighted by Gasteiger charge is -2.39. The molecule has 0 radical (unpaired) electrons. The molecular weight excluding hydrogens is 346 g/mol. The second kappa shape index (κ2) is 8.03. The average molecular weight is 375 g/mol. The van der Waals surface area contributed by atoms with Crippen LogP contribution in [0, 0.1) is 5.92 Å². The molecule has 1 amide bonds. The smallest absolute Gasteiger partial charge is 0.412 e. The molecule has 1 aliphatic rings. The number of nitrogens with one attached hydrogen (secondary N) is 1. The molecule has 6 nitrogen and oxygen atoms in total. The normalized spacial score (nSPS) is 20.1. The molecule has 0 saturated carbocycles. The van der Waals surface area contributed by atoms with Gasteiger partial charge in [-0.3, -0.25) is 5.32 Å². The Hall–Kier alpha value is -2.50. The predicted octanol–water partition coefficient (Wildman–Crippen LogP) is 4.75. The first-order chi connectivity index (χ1) is 12.5. The zero-order valence-corrected chi connectivity index (χ0v) is 16.7. The molecule has 27 heavy (non-hydrogen) atoms. The van der Waals surface area contributed by atoms with Crippen molar-refractivity contribution in [3.05, 3.63) is 41.7 Å². The van der Waals surface area contributed by atoms with Crippen molar-refractivity contribution in [3.63, 3.8) is 0 Å². The van der Waals surface area contributed by atoms with Crippen LogP contribution in [0.25, 0.3) is 0 Å². The molecule has 1 unspecified atom stereocenters. The van der Waals surface area contributed by atoms with Crippen molar-refractivity contribution in [2.45, 2.75) is 65.1 Å². The van der Waals surface area contributed by atoms with Gasteiger partial charge in [-0.25, -0.2) is 9.59 Å². The van der Waals surface area contributed by atoms with Crippen LogP contribution < -0.4 is 5.32 Å². The molecule has 0 aromatic heterocycles. The highest BCUT2D eigenvalue weighted by atomic mass is 16.6. The average Bonchev–Trinajstić information content (AvgIpc) is 2.51. The summed E-state index contributed by atoms with van der Waals surface area (Å²) in [5, 5.41) is 12.6. The number of amides is 1. The van der Waals surface area contributed by atoms with E-state index < -0.39 is 23.3 Å². The minimum atomic E-state index is -0.705. The first kappa shape index (κ1) is 20.8. The number of aliphatic hydroxyl groups excluding tert-OH is 1. The Labute approximate surface area is 160 Å². The summed E-state index contributed by atoms with van der Waals surface area (Å²) in [5.74, 6) is -0.355. The fraction of sp³-hybridized carbons (Fsp3) is 0.524. The van der Waals surface area contributed by atoms with Gasteiger partial charge in [0.25, 0.3) is 0 Å². The number of hydrogen-bond acceptors (Lipinski definition) is 5. The quantitative estimate of drug-likeness (QED) is 0.726. The summed E-state index contributed by atoms with van der Waals surface area (Å²) in [7, 11) is 0. The van der Waals surface area contributed by atoms with Crippen molar-refractivity contribution in [3.8, 4) is 0 Å². The van der Waals surface area contributed by atoms with E-state index in [2.05, 4.69) is 5.32 Å². The van der Waals surface area contributed by atoms with Crippen molar-refractivity contribution in [1.29, 1.82) is 0 Å². The van der Waals surface area contributed by atoms with E-state index in [1.807, 2.05) is 58.9 Å². The lowest BCUT2D eigenvalue weighted by molar-refractivity contribution is -0.163. The molecule has 0 spiro atoms. The highest BCUT2D eigenvalue weighted by Gasteiger charge is 2.41. The van der Waals surface area contributed by atoms with Crippen molar-refractivity contribution < 1.29 is 24.2 Å². The van der Waals surface area contributed by atoms with Crippen LogP contribution in [0.3, 0.4) is 0 Å². The van der Waals surface area contributed by atoms with E-state index in [1.165, 1.54) is 0 Å². The standard InChI is InChI=1S/C21H29NO5/c1-14(2)21(13-17(23)12-18(24)26-21)11-10-15-6-8-16(9-7-15)22-19(25)27-20(3,4)5/h6-9,12,14,23H,10-11,13H2,1-5H3,(H,22,25). The number of cyclic esters (lactones) is 1. The third kappa shape index (κ3) is 6.01. The summed E-state index contributed by atoms with van der Waals surface area (Å²) < 4.78 is 10.8.